The van der Waals surface area contributed by atoms with Gasteiger partial charge in [-0.05, 0) is 67.8 Å². The van der Waals surface area contributed by atoms with E-state index in [1.54, 1.807) is 13.2 Å². The molecule has 7 nitrogen and oxygen atoms in total. The van der Waals surface area contributed by atoms with Crippen molar-refractivity contribution in [2.45, 2.75) is 31.9 Å². The van der Waals surface area contributed by atoms with Crippen molar-refractivity contribution in [2.24, 2.45) is 0 Å². The first-order valence-corrected chi connectivity index (χ1v) is 11.8. The largest absolute Gasteiger partial charge is 0.497 e. The van der Waals surface area contributed by atoms with Crippen molar-refractivity contribution in [2.75, 3.05) is 33.4 Å². The maximum atomic E-state index is 10.1. The highest BCUT2D eigenvalue weighted by atomic mass is 35.5. The quantitative estimate of drug-likeness (QED) is 0.445. The Balaban J connectivity index is 1.22. The van der Waals surface area contributed by atoms with Crippen LogP contribution in [-0.4, -0.2) is 59.2 Å². The van der Waals surface area contributed by atoms with Crippen molar-refractivity contribution >= 4 is 11.6 Å². The first-order chi connectivity index (χ1) is 16.4. The third kappa shape index (κ3) is 6.59. The minimum atomic E-state index is -0.551. The Kier molecular flexibility index (Phi) is 7.88. The monoisotopic (exact) mass is 483 g/mol. The smallest absolute Gasteiger partial charge is 0.233 e. The molecule has 0 radical (unpaired) electrons. The average Bonchev–Trinajstić information content (AvgIpc) is 2.85. The van der Waals surface area contributed by atoms with Gasteiger partial charge in [-0.2, -0.15) is 0 Å². The molecule has 1 aliphatic rings. The van der Waals surface area contributed by atoms with E-state index in [-0.39, 0.29) is 0 Å². The SMILES string of the molecule is COc1ccc(-c2ccc(OCCOc3ccc(CN4CCC(C)(O)CC4)c(Cl)c3)nn2)cc1. The standard InChI is InChI=1S/C26H30ClN3O4/c1-26(31)11-13-30(14-12-26)18-20-5-8-22(17-23(20)27)33-15-16-34-25-10-9-24(28-29-25)19-3-6-21(32-2)7-4-19/h3-10,17,31H,11-16,18H2,1-2H3. The van der Waals surface area contributed by atoms with Crippen LogP contribution in [0.1, 0.15) is 25.3 Å². The van der Waals surface area contributed by atoms with Crippen LogP contribution in [0.5, 0.6) is 17.4 Å². The third-order valence-electron chi connectivity index (χ3n) is 5.98. The van der Waals surface area contributed by atoms with E-state index < -0.39 is 5.60 Å². The molecule has 4 rings (SSSR count). The summed E-state index contributed by atoms with van der Waals surface area (Å²) in [6.45, 7) is 5.09. The second-order valence-electron chi connectivity index (χ2n) is 8.71. The Labute approximate surface area is 205 Å². The lowest BCUT2D eigenvalue weighted by molar-refractivity contribution is -0.00729. The fraction of sp³-hybridized carbons (Fsp3) is 0.385. The van der Waals surface area contributed by atoms with Crippen molar-refractivity contribution in [3.63, 3.8) is 0 Å². The number of nitrogens with zero attached hydrogens (tertiary/aromatic N) is 3. The molecule has 0 bridgehead atoms. The van der Waals surface area contributed by atoms with Crippen LogP contribution in [0.4, 0.5) is 0 Å². The molecule has 0 amide bonds. The summed E-state index contributed by atoms with van der Waals surface area (Å²) in [6.07, 6.45) is 1.56. The molecule has 0 atom stereocenters. The van der Waals surface area contributed by atoms with Crippen LogP contribution in [0.2, 0.25) is 5.02 Å². The molecular weight excluding hydrogens is 454 g/mol. The first kappa shape index (κ1) is 24.3. The minimum absolute atomic E-state index is 0.337. The summed E-state index contributed by atoms with van der Waals surface area (Å²) in [7, 11) is 1.64. The van der Waals surface area contributed by atoms with E-state index in [1.165, 1.54) is 0 Å². The molecule has 1 saturated heterocycles. The van der Waals surface area contributed by atoms with Crippen LogP contribution in [0, 0.1) is 0 Å². The van der Waals surface area contributed by atoms with E-state index in [2.05, 4.69) is 15.1 Å². The Bertz CT molecular complexity index is 1060. The molecule has 0 unspecified atom stereocenters. The number of hydrogen-bond acceptors (Lipinski definition) is 7. The second kappa shape index (κ2) is 11.0. The lowest BCUT2D eigenvalue weighted by Crippen LogP contribution is -2.41. The molecule has 2 aromatic carbocycles. The van der Waals surface area contributed by atoms with Gasteiger partial charge in [-0.25, -0.2) is 0 Å². The number of aromatic nitrogens is 2. The van der Waals surface area contributed by atoms with Gasteiger partial charge in [0.15, 0.2) is 0 Å². The van der Waals surface area contributed by atoms with Crippen molar-refractivity contribution in [3.8, 4) is 28.6 Å². The van der Waals surface area contributed by atoms with Crippen LogP contribution < -0.4 is 14.2 Å². The average molecular weight is 484 g/mol. The molecule has 0 aliphatic carbocycles. The maximum absolute atomic E-state index is 10.1. The van der Waals surface area contributed by atoms with E-state index in [0.717, 1.165) is 55.0 Å². The topological polar surface area (TPSA) is 76.9 Å². The second-order valence-corrected chi connectivity index (χ2v) is 9.12. The zero-order valence-electron chi connectivity index (χ0n) is 19.5. The van der Waals surface area contributed by atoms with Crippen molar-refractivity contribution in [1.29, 1.82) is 0 Å². The van der Waals surface area contributed by atoms with Gasteiger partial charge in [0.25, 0.3) is 0 Å². The molecule has 2 heterocycles. The maximum Gasteiger partial charge on any atom is 0.233 e. The lowest BCUT2D eigenvalue weighted by atomic mass is 9.93. The predicted molar refractivity (Wildman–Crippen MR) is 132 cm³/mol. The number of benzene rings is 2. The zero-order valence-corrected chi connectivity index (χ0v) is 20.3. The fourth-order valence-corrected chi connectivity index (χ4v) is 4.03. The summed E-state index contributed by atoms with van der Waals surface area (Å²) >= 11 is 6.48. The van der Waals surface area contributed by atoms with Gasteiger partial charge in [0.1, 0.15) is 24.7 Å². The van der Waals surface area contributed by atoms with Gasteiger partial charge in [0.05, 0.1) is 18.4 Å². The molecular formula is C26H30ClN3O4. The minimum Gasteiger partial charge on any atom is -0.497 e. The van der Waals surface area contributed by atoms with Crippen molar-refractivity contribution in [3.05, 3.63) is 65.2 Å². The number of halogens is 1. The summed E-state index contributed by atoms with van der Waals surface area (Å²) in [5.41, 5.74) is 2.22. The van der Waals surface area contributed by atoms with Crippen LogP contribution >= 0.6 is 11.6 Å². The Morgan fingerprint density at radius 3 is 2.29 bits per heavy atom. The number of aliphatic hydroxyl groups is 1. The highest BCUT2D eigenvalue weighted by molar-refractivity contribution is 6.31. The fourth-order valence-electron chi connectivity index (χ4n) is 3.80. The molecule has 1 aromatic heterocycles. The highest BCUT2D eigenvalue weighted by Gasteiger charge is 2.27. The molecule has 0 saturated carbocycles. The van der Waals surface area contributed by atoms with Gasteiger partial charge in [0.2, 0.25) is 5.88 Å². The first-order valence-electron chi connectivity index (χ1n) is 11.4. The Hall–Kier alpha value is -2.87. The number of methoxy groups -OCH3 is 1. The number of likely N-dealkylation sites (tertiary alicyclic amines) is 1. The summed E-state index contributed by atoms with van der Waals surface area (Å²) in [5.74, 6) is 1.93. The lowest BCUT2D eigenvalue weighted by Gasteiger charge is -2.35. The summed E-state index contributed by atoms with van der Waals surface area (Å²) in [5, 5.41) is 19.1. The Morgan fingerprint density at radius 1 is 0.941 bits per heavy atom. The van der Waals surface area contributed by atoms with Gasteiger partial charge in [-0.3, -0.25) is 4.90 Å². The molecule has 3 aromatic rings. The van der Waals surface area contributed by atoms with E-state index >= 15 is 0 Å². The third-order valence-corrected chi connectivity index (χ3v) is 6.33. The summed E-state index contributed by atoms with van der Waals surface area (Å²) < 4.78 is 16.6. The van der Waals surface area contributed by atoms with E-state index in [4.69, 9.17) is 25.8 Å². The summed E-state index contributed by atoms with van der Waals surface area (Å²) in [6, 6.07) is 17.0. The van der Waals surface area contributed by atoms with Gasteiger partial charge >= 0.3 is 0 Å². The van der Waals surface area contributed by atoms with Gasteiger partial charge in [0, 0.05) is 36.3 Å². The zero-order chi connectivity index (χ0) is 24.0. The van der Waals surface area contributed by atoms with Crippen molar-refractivity contribution < 1.29 is 19.3 Å². The van der Waals surface area contributed by atoms with Gasteiger partial charge in [-0.15, -0.1) is 10.2 Å². The molecule has 34 heavy (non-hydrogen) atoms. The normalized spacial score (nSPS) is 15.6. The molecule has 180 valence electrons. The molecule has 1 aliphatic heterocycles. The van der Waals surface area contributed by atoms with Crippen molar-refractivity contribution in [1.82, 2.24) is 15.1 Å². The van der Waals surface area contributed by atoms with Crippen LogP contribution in [0.15, 0.2) is 54.6 Å². The molecule has 8 heteroatoms. The summed E-state index contributed by atoms with van der Waals surface area (Å²) in [4.78, 5) is 2.31. The van der Waals surface area contributed by atoms with Crippen LogP contribution in [-0.2, 0) is 6.54 Å². The van der Waals surface area contributed by atoms with E-state index in [9.17, 15) is 5.11 Å². The van der Waals surface area contributed by atoms with E-state index in [1.807, 2.05) is 55.5 Å². The Morgan fingerprint density at radius 2 is 1.65 bits per heavy atom. The number of hydrogen-bond donors (Lipinski definition) is 1. The molecule has 1 fully saturated rings. The van der Waals surface area contributed by atoms with Crippen LogP contribution in [0.3, 0.4) is 0 Å². The van der Waals surface area contributed by atoms with Gasteiger partial charge < -0.3 is 19.3 Å². The number of piperidine rings is 1. The molecule has 1 N–H and O–H groups in total. The predicted octanol–water partition coefficient (Wildman–Crippen LogP) is 4.61. The number of rotatable bonds is 9. The number of ether oxygens (including phenoxy) is 3. The van der Waals surface area contributed by atoms with E-state index in [0.29, 0.717) is 29.9 Å². The van der Waals surface area contributed by atoms with Gasteiger partial charge in [-0.1, -0.05) is 17.7 Å². The molecule has 0 spiro atoms. The highest BCUT2D eigenvalue weighted by Crippen LogP contribution is 2.27. The van der Waals surface area contributed by atoms with Crippen LogP contribution in [0.25, 0.3) is 11.3 Å².